The molecule has 0 atom stereocenters. The summed E-state index contributed by atoms with van der Waals surface area (Å²) in [6.07, 6.45) is -10.3. The van der Waals surface area contributed by atoms with Crippen LogP contribution in [-0.4, -0.2) is 18.3 Å². The molecule has 0 aliphatic carbocycles. The Morgan fingerprint density at radius 2 is 0.725 bits per heavy atom. The minimum absolute atomic E-state index is 0.280. The molecule has 4 aromatic heterocycles. The molecule has 0 aliphatic rings. The van der Waals surface area contributed by atoms with Crippen LogP contribution in [0.4, 0.5) is 26.3 Å². The van der Waals surface area contributed by atoms with Gasteiger partial charge in [0, 0.05) is 71.2 Å². The van der Waals surface area contributed by atoms with Gasteiger partial charge in [0.2, 0.25) is 0 Å². The molecular formula is C69H39F6N5. The maximum absolute atomic E-state index is 15.3. The van der Waals surface area contributed by atoms with Crippen LogP contribution in [0.1, 0.15) is 16.7 Å². The second-order valence-corrected chi connectivity index (χ2v) is 20.1. The van der Waals surface area contributed by atoms with Gasteiger partial charge in [0.25, 0.3) is 0 Å². The quantitative estimate of drug-likeness (QED) is 0.153. The molecule has 0 unspecified atom stereocenters. The average Bonchev–Trinajstić information content (AvgIpc) is 4.41. The number of hydrogen-bond acceptors (Lipinski definition) is 1. The van der Waals surface area contributed by atoms with Crippen molar-refractivity contribution in [3.8, 4) is 51.1 Å². The van der Waals surface area contributed by atoms with E-state index in [1.165, 1.54) is 12.1 Å². The topological polar surface area (TPSA) is 43.5 Å². The maximum atomic E-state index is 15.3. The van der Waals surface area contributed by atoms with E-state index in [0.29, 0.717) is 51.2 Å². The molecule has 0 fully saturated rings. The highest BCUT2D eigenvalue weighted by atomic mass is 19.4. The van der Waals surface area contributed by atoms with Crippen molar-refractivity contribution in [2.75, 3.05) is 0 Å². The SMILES string of the molecule is N#Cc1ccc(-c2ccc(-c3c(C(F)(F)F)cccc3C(F)(F)F)cc2-n2c3ccccc3c3c2ccc2c4ccccc4n(-c4ccccc4)c23)c(-n2c3ccccc3c3c2ccc2c4ccccc4n(-c4ccccc4)c23)c1. The highest BCUT2D eigenvalue weighted by Gasteiger charge is 2.41. The summed E-state index contributed by atoms with van der Waals surface area (Å²) in [7, 11) is 0. The molecule has 0 aliphatic heterocycles. The monoisotopic (exact) mass is 1050 g/mol. The Morgan fingerprint density at radius 1 is 0.325 bits per heavy atom. The number of fused-ring (bicyclic) bond motifs is 14. The molecule has 0 radical (unpaired) electrons. The fourth-order valence-electron chi connectivity index (χ4n) is 12.7. The summed E-state index contributed by atoms with van der Waals surface area (Å²) in [4.78, 5) is 0. The highest BCUT2D eigenvalue weighted by Crippen LogP contribution is 2.50. The van der Waals surface area contributed by atoms with Crippen molar-refractivity contribution in [1.82, 2.24) is 18.3 Å². The summed E-state index contributed by atoms with van der Waals surface area (Å²) < 4.78 is 100. The lowest BCUT2D eigenvalue weighted by Gasteiger charge is -2.22. The lowest BCUT2D eigenvalue weighted by molar-refractivity contribution is -0.142. The number of para-hydroxylation sites is 6. The highest BCUT2D eigenvalue weighted by molar-refractivity contribution is 6.28. The normalized spacial score (nSPS) is 12.4. The summed E-state index contributed by atoms with van der Waals surface area (Å²) in [6, 6.07) is 74.9. The van der Waals surface area contributed by atoms with E-state index in [4.69, 9.17) is 0 Å². The molecule has 0 N–H and O–H groups in total. The van der Waals surface area contributed by atoms with Gasteiger partial charge in [-0.05, 0) is 96.6 Å². The molecule has 0 amide bonds. The van der Waals surface area contributed by atoms with Crippen molar-refractivity contribution in [3.05, 3.63) is 253 Å². The van der Waals surface area contributed by atoms with E-state index in [1.807, 2.05) is 144 Å². The van der Waals surface area contributed by atoms with Crippen molar-refractivity contribution in [3.63, 3.8) is 0 Å². The molecule has 15 rings (SSSR count). The number of nitrogens with zero attached hydrogens (tertiary/aromatic N) is 5. The molecule has 0 saturated heterocycles. The molecule has 0 spiro atoms. The van der Waals surface area contributed by atoms with Crippen LogP contribution in [0.3, 0.4) is 0 Å². The van der Waals surface area contributed by atoms with Crippen molar-refractivity contribution in [1.29, 1.82) is 5.26 Å². The second-order valence-electron chi connectivity index (χ2n) is 20.1. The smallest absolute Gasteiger partial charge is 0.309 e. The van der Waals surface area contributed by atoms with Gasteiger partial charge in [0.1, 0.15) is 0 Å². The Balaban J connectivity index is 1.10. The van der Waals surface area contributed by atoms with Crippen LogP contribution in [0.25, 0.3) is 132 Å². The predicted octanol–water partition coefficient (Wildman–Crippen LogP) is 19.3. The Bertz CT molecular complexity index is 5070. The molecule has 0 bridgehead atoms. The van der Waals surface area contributed by atoms with Crippen LogP contribution >= 0.6 is 0 Å². The van der Waals surface area contributed by atoms with Crippen molar-refractivity contribution < 1.29 is 26.3 Å². The van der Waals surface area contributed by atoms with Gasteiger partial charge >= 0.3 is 12.4 Å². The molecule has 15 aromatic rings. The molecule has 0 saturated carbocycles. The van der Waals surface area contributed by atoms with Crippen molar-refractivity contribution in [2.45, 2.75) is 12.4 Å². The van der Waals surface area contributed by atoms with Crippen LogP contribution in [0.2, 0.25) is 0 Å². The Kier molecular flexibility index (Phi) is 10.2. The van der Waals surface area contributed by atoms with Crippen LogP contribution in [0.15, 0.2) is 237 Å². The van der Waals surface area contributed by atoms with Crippen LogP contribution in [-0.2, 0) is 12.4 Å². The number of nitriles is 1. The third-order valence-electron chi connectivity index (χ3n) is 15.8. The summed E-state index contributed by atoms with van der Waals surface area (Å²) >= 11 is 0. The molecule has 5 nitrogen and oxygen atoms in total. The van der Waals surface area contributed by atoms with Crippen LogP contribution < -0.4 is 0 Å². The first-order valence-electron chi connectivity index (χ1n) is 26.0. The van der Waals surface area contributed by atoms with Crippen LogP contribution in [0, 0.1) is 11.3 Å². The van der Waals surface area contributed by atoms with Crippen molar-refractivity contribution >= 4 is 87.2 Å². The average molecular weight is 1050 g/mol. The summed E-state index contributed by atoms with van der Waals surface area (Å²) in [6.45, 7) is 0. The minimum Gasteiger partial charge on any atom is -0.309 e. The maximum Gasteiger partial charge on any atom is 0.417 e. The molecule has 382 valence electrons. The number of aromatic nitrogens is 4. The van der Waals surface area contributed by atoms with E-state index in [1.54, 1.807) is 12.1 Å². The number of hydrogen-bond donors (Lipinski definition) is 0. The van der Waals surface area contributed by atoms with Crippen molar-refractivity contribution in [2.24, 2.45) is 0 Å². The summed E-state index contributed by atoms with van der Waals surface area (Å²) in [5.41, 5.74) is 6.88. The predicted molar refractivity (Wildman–Crippen MR) is 309 cm³/mol. The van der Waals surface area contributed by atoms with Gasteiger partial charge in [0.15, 0.2) is 0 Å². The minimum atomic E-state index is -5.15. The fraction of sp³-hybridized carbons (Fsp3) is 0.0290. The Hall–Kier alpha value is -10.3. The van der Waals surface area contributed by atoms with E-state index in [-0.39, 0.29) is 5.56 Å². The standard InChI is InChI=1S/C69H39F6N5/c70-68(71,72)53-24-15-25-54(69(73,74)75)63(53)42-31-33-48(62(39-42)80-58-29-14-10-23-52(58)65-60(80)37-35-50-46-21-8-12-27-56(46)78(67(50)65)44-18-5-2-6-19-44)47-32-30-41(40-76)38-61(47)79-57-28-13-9-22-51(57)64-59(79)36-34-49-45-20-7-11-26-55(45)77(66(49)64)43-16-3-1-4-17-43/h1-39H. The Labute approximate surface area is 451 Å². The summed E-state index contributed by atoms with van der Waals surface area (Å²) in [5, 5.41) is 18.3. The second kappa shape index (κ2) is 17.3. The number of rotatable bonds is 6. The fourth-order valence-corrected chi connectivity index (χ4v) is 12.7. The van der Waals surface area contributed by atoms with Gasteiger partial charge < -0.3 is 18.3 Å². The number of alkyl halides is 6. The molecule has 4 heterocycles. The van der Waals surface area contributed by atoms with Crippen LogP contribution in [0.5, 0.6) is 0 Å². The van der Waals surface area contributed by atoms with Gasteiger partial charge in [0.05, 0.1) is 78.3 Å². The number of halogens is 6. The van der Waals surface area contributed by atoms with Gasteiger partial charge in [-0.15, -0.1) is 0 Å². The van der Waals surface area contributed by atoms with Gasteiger partial charge in [-0.1, -0.05) is 146 Å². The third-order valence-corrected chi connectivity index (χ3v) is 15.8. The lowest BCUT2D eigenvalue weighted by Crippen LogP contribution is -2.14. The van der Waals surface area contributed by atoms with Gasteiger partial charge in [-0.3, -0.25) is 0 Å². The first kappa shape index (κ1) is 46.9. The molecule has 11 heteroatoms. The first-order valence-corrected chi connectivity index (χ1v) is 26.0. The zero-order chi connectivity index (χ0) is 54.2. The zero-order valence-corrected chi connectivity index (χ0v) is 42.0. The first-order chi connectivity index (χ1) is 39.0. The lowest BCUT2D eigenvalue weighted by atomic mass is 9.90. The van der Waals surface area contributed by atoms with E-state index in [0.717, 1.165) is 93.6 Å². The number of benzene rings is 11. The van der Waals surface area contributed by atoms with Gasteiger partial charge in [-0.2, -0.15) is 31.6 Å². The zero-order valence-electron chi connectivity index (χ0n) is 42.0. The summed E-state index contributed by atoms with van der Waals surface area (Å²) in [5.74, 6) is 0. The van der Waals surface area contributed by atoms with E-state index in [2.05, 4.69) is 74.4 Å². The van der Waals surface area contributed by atoms with Gasteiger partial charge in [-0.25, -0.2) is 0 Å². The van der Waals surface area contributed by atoms with E-state index < -0.39 is 29.0 Å². The molecule has 11 aromatic carbocycles. The molecule has 80 heavy (non-hydrogen) atoms. The third kappa shape index (κ3) is 6.85. The Morgan fingerprint density at radius 3 is 1.18 bits per heavy atom. The van der Waals surface area contributed by atoms with E-state index >= 15 is 26.3 Å². The largest absolute Gasteiger partial charge is 0.417 e. The molecular weight excluding hydrogens is 1010 g/mol. The van der Waals surface area contributed by atoms with E-state index in [9.17, 15) is 5.26 Å².